The Morgan fingerprint density at radius 2 is 2.50 bits per heavy atom. The van der Waals surface area contributed by atoms with Gasteiger partial charge >= 0.3 is 14.2 Å². The summed E-state index contributed by atoms with van der Waals surface area (Å²) < 4.78 is 13.7. The lowest BCUT2D eigenvalue weighted by atomic mass is 10.8. The van der Waals surface area contributed by atoms with Crippen LogP contribution in [0.4, 0.5) is 0 Å². The van der Waals surface area contributed by atoms with E-state index in [1.807, 2.05) is 0 Å². The maximum atomic E-state index is 9.74. The van der Waals surface area contributed by atoms with Gasteiger partial charge in [-0.3, -0.25) is 0 Å². The number of nitrogens with zero attached hydrogens (tertiary/aromatic N) is 2. The average Bonchev–Trinajstić information content (AvgIpc) is 1.65. The minimum absolute atomic E-state index is 0.212. The van der Waals surface area contributed by atoms with Crippen LogP contribution in [-0.4, -0.2) is 15.6 Å². The van der Waals surface area contributed by atoms with Gasteiger partial charge in [0.25, 0.3) is 0 Å². The minimum Gasteiger partial charge on any atom is -0.363 e. The molecule has 0 heterocycles. The summed E-state index contributed by atoms with van der Waals surface area (Å²) in [5, 5.41) is 0. The summed E-state index contributed by atoms with van der Waals surface area (Å²) in [5.74, 6) is -0.212. The summed E-state index contributed by atoms with van der Waals surface area (Å²) in [7, 11) is -2.99. The van der Waals surface area contributed by atoms with E-state index in [2.05, 4.69) is 9.31 Å². The Morgan fingerprint density at radius 1 is 2.00 bits per heavy atom. The highest BCUT2D eigenvalue weighted by Crippen LogP contribution is 2.13. The molecule has 0 aliphatic heterocycles. The predicted molar refractivity (Wildman–Crippen MR) is 26.6 cm³/mol. The van der Waals surface area contributed by atoms with Crippen molar-refractivity contribution in [1.82, 2.24) is 0 Å². The lowest BCUT2D eigenvalue weighted by Gasteiger charge is -1.85. The molecule has 0 aromatic heterocycles. The molecule has 5 nitrogen and oxygen atoms in total. The third kappa shape index (κ3) is 3.56. The topological polar surface area (TPSA) is 82.9 Å². The van der Waals surface area contributed by atoms with Crippen LogP contribution in [0.15, 0.2) is 0 Å². The van der Waals surface area contributed by atoms with Gasteiger partial charge in [-0.25, -0.2) is 4.57 Å². The van der Waals surface area contributed by atoms with E-state index in [0.717, 1.165) is 0 Å². The van der Waals surface area contributed by atoms with Gasteiger partial charge in [0, 0.05) is 0 Å². The highest BCUT2D eigenvalue weighted by Gasteiger charge is 2.00. The molecule has 0 aromatic carbocycles. The highest BCUT2D eigenvalue weighted by molar-refractivity contribution is 7.32. The first-order valence-corrected chi connectivity index (χ1v) is 3.02. The van der Waals surface area contributed by atoms with E-state index < -0.39 is 8.25 Å². The standard InChI is InChI=1S/C2H5N2O3P/c1-2(4-3)7-8(5)6/h8H,1H3,(H,5,6). The van der Waals surface area contributed by atoms with Crippen molar-refractivity contribution in [2.45, 2.75) is 6.92 Å². The van der Waals surface area contributed by atoms with Gasteiger partial charge in [0.05, 0.1) is 6.92 Å². The van der Waals surface area contributed by atoms with Crippen molar-refractivity contribution in [3.8, 4) is 0 Å². The van der Waals surface area contributed by atoms with Gasteiger partial charge in [-0.1, -0.05) is 0 Å². The SMILES string of the molecule is CC(=[N+]=[N-])O[PH](=O)O. The van der Waals surface area contributed by atoms with E-state index in [9.17, 15) is 4.57 Å². The summed E-state index contributed by atoms with van der Waals surface area (Å²) in [6, 6.07) is 0. The average molecular weight is 136 g/mol. The van der Waals surface area contributed by atoms with Crippen molar-refractivity contribution in [2.75, 3.05) is 0 Å². The molecule has 1 N–H and O–H groups in total. The van der Waals surface area contributed by atoms with E-state index in [4.69, 9.17) is 10.4 Å². The molecule has 0 aliphatic rings. The van der Waals surface area contributed by atoms with Crippen LogP contribution in [0.1, 0.15) is 6.92 Å². The molecule has 0 bridgehead atoms. The molecule has 1 atom stereocenters. The van der Waals surface area contributed by atoms with Gasteiger partial charge in [-0.2, -0.15) is 0 Å². The van der Waals surface area contributed by atoms with E-state index >= 15 is 0 Å². The number of hydrogen-bond acceptors (Lipinski definition) is 2. The van der Waals surface area contributed by atoms with E-state index in [-0.39, 0.29) is 5.90 Å². The smallest absolute Gasteiger partial charge is 0.363 e. The second-order valence-corrected chi connectivity index (χ2v) is 1.72. The van der Waals surface area contributed by atoms with Crippen molar-refractivity contribution < 1.29 is 18.8 Å². The molecule has 6 heteroatoms. The lowest BCUT2D eigenvalue weighted by Crippen LogP contribution is -1.91. The van der Waals surface area contributed by atoms with Crippen molar-refractivity contribution in [3.05, 3.63) is 5.53 Å². The summed E-state index contributed by atoms with van der Waals surface area (Å²) in [6.07, 6.45) is 0. The first-order chi connectivity index (χ1) is 3.66. The van der Waals surface area contributed by atoms with Crippen molar-refractivity contribution in [2.24, 2.45) is 0 Å². The minimum atomic E-state index is -2.99. The van der Waals surface area contributed by atoms with Crippen LogP contribution in [0.2, 0.25) is 0 Å². The van der Waals surface area contributed by atoms with Gasteiger partial charge in [-0.05, 0) is 0 Å². The van der Waals surface area contributed by atoms with Crippen LogP contribution < -0.4 is 0 Å². The molecule has 0 rings (SSSR count). The third-order valence-electron chi connectivity index (χ3n) is 0.376. The molecule has 0 aliphatic carbocycles. The van der Waals surface area contributed by atoms with E-state index in [1.165, 1.54) is 6.92 Å². The Morgan fingerprint density at radius 3 is 2.62 bits per heavy atom. The largest absolute Gasteiger partial charge is 0.452 e. The second-order valence-electron chi connectivity index (χ2n) is 0.987. The molecule has 0 amide bonds. The summed E-state index contributed by atoms with van der Waals surface area (Å²) in [5.41, 5.74) is 7.81. The summed E-state index contributed by atoms with van der Waals surface area (Å²) in [6.45, 7) is 1.26. The van der Waals surface area contributed by atoms with Gasteiger partial charge in [0.15, 0.2) is 0 Å². The summed E-state index contributed by atoms with van der Waals surface area (Å²) in [4.78, 5) is 10.5. The Balaban J connectivity index is 3.74. The van der Waals surface area contributed by atoms with Crippen LogP contribution in [0, 0.1) is 0 Å². The predicted octanol–water partition coefficient (Wildman–Crippen LogP) is 0.0332. The maximum Gasteiger partial charge on any atom is 0.452 e. The maximum absolute atomic E-state index is 9.74. The van der Waals surface area contributed by atoms with Gasteiger partial charge in [-0.15, -0.1) is 4.79 Å². The fraction of sp³-hybridized carbons (Fsp3) is 0.500. The van der Waals surface area contributed by atoms with E-state index in [1.54, 1.807) is 0 Å². The molecule has 0 saturated carbocycles. The van der Waals surface area contributed by atoms with E-state index in [0.29, 0.717) is 0 Å². The molecular formula is C2H5N2O3P. The van der Waals surface area contributed by atoms with Crippen molar-refractivity contribution >= 4 is 14.2 Å². The third-order valence-corrected chi connectivity index (χ3v) is 0.846. The number of hydrogen-bond donors (Lipinski definition) is 1. The Labute approximate surface area is 46.5 Å². The van der Waals surface area contributed by atoms with Crippen LogP contribution in [0.3, 0.4) is 0 Å². The Hall–Kier alpha value is -0.630. The monoisotopic (exact) mass is 136 g/mol. The quantitative estimate of drug-likeness (QED) is 0.181. The zero-order valence-corrected chi connectivity index (χ0v) is 5.16. The van der Waals surface area contributed by atoms with Gasteiger partial charge in [0.2, 0.25) is 0 Å². The first kappa shape index (κ1) is 7.37. The number of rotatable bonds is 1. The molecule has 8 heavy (non-hydrogen) atoms. The Bertz CT molecular complexity index is 149. The molecule has 0 radical (unpaired) electrons. The van der Waals surface area contributed by atoms with Crippen molar-refractivity contribution in [1.29, 1.82) is 0 Å². The van der Waals surface area contributed by atoms with Crippen LogP contribution in [0.25, 0.3) is 5.53 Å². The summed E-state index contributed by atoms with van der Waals surface area (Å²) >= 11 is 0. The molecule has 0 spiro atoms. The zero-order valence-electron chi connectivity index (χ0n) is 4.16. The lowest BCUT2D eigenvalue weighted by molar-refractivity contribution is -0.0275. The Kier molecular flexibility index (Phi) is 3.12. The van der Waals surface area contributed by atoms with Gasteiger partial charge in [0.1, 0.15) is 0 Å². The molecule has 46 valence electrons. The molecule has 1 unspecified atom stereocenters. The van der Waals surface area contributed by atoms with Crippen LogP contribution in [0.5, 0.6) is 0 Å². The fourth-order valence-electron chi connectivity index (χ4n) is 0.147. The molecular weight excluding hydrogens is 131 g/mol. The van der Waals surface area contributed by atoms with Crippen LogP contribution in [-0.2, 0) is 9.09 Å². The normalized spacial score (nSPS) is 11.8. The molecule has 0 aromatic rings. The van der Waals surface area contributed by atoms with Gasteiger partial charge < -0.3 is 14.9 Å². The zero-order chi connectivity index (χ0) is 6.57. The molecule has 0 fully saturated rings. The van der Waals surface area contributed by atoms with Crippen LogP contribution >= 0.6 is 8.25 Å². The molecule has 0 saturated heterocycles. The highest BCUT2D eigenvalue weighted by atomic mass is 31.1. The second kappa shape index (κ2) is 3.38. The first-order valence-electron chi connectivity index (χ1n) is 1.76. The fourth-order valence-corrected chi connectivity index (χ4v) is 0.440. The van der Waals surface area contributed by atoms with Crippen molar-refractivity contribution in [3.63, 3.8) is 0 Å².